The van der Waals surface area contributed by atoms with E-state index in [0.29, 0.717) is 6.10 Å². The molecule has 0 aromatic heterocycles. The Morgan fingerprint density at radius 2 is 2.08 bits per heavy atom. The zero-order valence-corrected chi connectivity index (χ0v) is 8.18. The monoisotopic (exact) mass is 172 g/mol. The van der Waals surface area contributed by atoms with Crippen molar-refractivity contribution in [1.82, 2.24) is 10.2 Å². The van der Waals surface area contributed by atoms with Crippen LogP contribution < -0.4 is 5.32 Å². The maximum absolute atomic E-state index is 5.48. The van der Waals surface area contributed by atoms with E-state index in [1.165, 1.54) is 0 Å². The van der Waals surface area contributed by atoms with Crippen LogP contribution in [0.3, 0.4) is 0 Å². The third kappa shape index (κ3) is 3.52. The van der Waals surface area contributed by atoms with Gasteiger partial charge in [0.15, 0.2) is 0 Å². The van der Waals surface area contributed by atoms with Crippen molar-refractivity contribution in [2.45, 2.75) is 20.0 Å². The first-order valence-corrected chi connectivity index (χ1v) is 4.87. The van der Waals surface area contributed by atoms with E-state index in [4.69, 9.17) is 4.74 Å². The van der Waals surface area contributed by atoms with Gasteiger partial charge in [-0.2, -0.15) is 0 Å². The molecule has 1 N–H and O–H groups in total. The van der Waals surface area contributed by atoms with Crippen LogP contribution in [0.25, 0.3) is 0 Å². The third-order valence-electron chi connectivity index (χ3n) is 2.18. The van der Waals surface area contributed by atoms with Gasteiger partial charge in [-0.25, -0.2) is 0 Å². The standard InChI is InChI=1S/C9H20N2O/c1-3-12-9(2)8-11-6-4-10-5-7-11/h9-10H,3-8H2,1-2H3. The molecule has 1 aliphatic heterocycles. The Morgan fingerprint density at radius 3 is 2.67 bits per heavy atom. The van der Waals surface area contributed by atoms with Gasteiger partial charge in [0.25, 0.3) is 0 Å². The molecule has 1 saturated heterocycles. The molecular weight excluding hydrogens is 152 g/mol. The van der Waals surface area contributed by atoms with Crippen molar-refractivity contribution in [3.8, 4) is 0 Å². The number of nitrogens with zero attached hydrogens (tertiary/aromatic N) is 1. The van der Waals surface area contributed by atoms with E-state index >= 15 is 0 Å². The largest absolute Gasteiger partial charge is 0.377 e. The summed E-state index contributed by atoms with van der Waals surface area (Å²) in [5.41, 5.74) is 0. The number of rotatable bonds is 4. The van der Waals surface area contributed by atoms with Gasteiger partial charge in [-0.1, -0.05) is 0 Å². The quantitative estimate of drug-likeness (QED) is 0.661. The van der Waals surface area contributed by atoms with E-state index in [-0.39, 0.29) is 0 Å². The molecule has 0 radical (unpaired) electrons. The highest BCUT2D eigenvalue weighted by molar-refractivity contribution is 4.69. The van der Waals surface area contributed by atoms with Crippen LogP contribution in [0, 0.1) is 0 Å². The second-order valence-corrected chi connectivity index (χ2v) is 3.32. The molecule has 12 heavy (non-hydrogen) atoms. The van der Waals surface area contributed by atoms with Gasteiger partial charge in [0, 0.05) is 39.3 Å². The van der Waals surface area contributed by atoms with Crippen LogP contribution >= 0.6 is 0 Å². The van der Waals surface area contributed by atoms with Gasteiger partial charge >= 0.3 is 0 Å². The molecule has 1 rings (SSSR count). The molecule has 0 aromatic carbocycles. The molecule has 0 amide bonds. The van der Waals surface area contributed by atoms with Crippen LogP contribution in [-0.2, 0) is 4.74 Å². The molecule has 1 heterocycles. The zero-order valence-electron chi connectivity index (χ0n) is 8.18. The molecule has 1 unspecified atom stereocenters. The second kappa shape index (κ2) is 5.51. The molecular formula is C9H20N2O. The van der Waals surface area contributed by atoms with E-state index < -0.39 is 0 Å². The Kier molecular flexibility index (Phi) is 4.58. The van der Waals surface area contributed by atoms with Gasteiger partial charge in [0.1, 0.15) is 0 Å². The molecule has 0 spiro atoms. The highest BCUT2D eigenvalue weighted by atomic mass is 16.5. The Labute approximate surface area is 75.1 Å². The van der Waals surface area contributed by atoms with Gasteiger partial charge in [-0.3, -0.25) is 4.90 Å². The van der Waals surface area contributed by atoms with E-state index in [1.807, 2.05) is 6.92 Å². The highest BCUT2D eigenvalue weighted by Gasteiger charge is 2.12. The Balaban J connectivity index is 2.11. The van der Waals surface area contributed by atoms with E-state index in [0.717, 1.165) is 39.3 Å². The van der Waals surface area contributed by atoms with Crippen molar-refractivity contribution in [3.05, 3.63) is 0 Å². The van der Waals surface area contributed by atoms with Gasteiger partial charge < -0.3 is 10.1 Å². The maximum atomic E-state index is 5.48. The number of hydrogen-bond donors (Lipinski definition) is 1. The third-order valence-corrected chi connectivity index (χ3v) is 2.18. The van der Waals surface area contributed by atoms with Gasteiger partial charge in [-0.05, 0) is 13.8 Å². The fourth-order valence-corrected chi connectivity index (χ4v) is 1.59. The summed E-state index contributed by atoms with van der Waals surface area (Å²) in [6.07, 6.45) is 0.382. The SMILES string of the molecule is CCOC(C)CN1CCNCC1. The summed E-state index contributed by atoms with van der Waals surface area (Å²) in [4.78, 5) is 2.46. The van der Waals surface area contributed by atoms with Crippen molar-refractivity contribution in [3.63, 3.8) is 0 Å². The van der Waals surface area contributed by atoms with Crippen molar-refractivity contribution in [2.75, 3.05) is 39.3 Å². The van der Waals surface area contributed by atoms with Crippen LogP contribution in [-0.4, -0.2) is 50.3 Å². The predicted molar refractivity (Wildman–Crippen MR) is 50.4 cm³/mol. The number of piperazine rings is 1. The minimum atomic E-state index is 0.382. The molecule has 0 aliphatic carbocycles. The topological polar surface area (TPSA) is 24.5 Å². The summed E-state index contributed by atoms with van der Waals surface area (Å²) in [6, 6.07) is 0. The number of nitrogens with one attached hydrogen (secondary N) is 1. The van der Waals surface area contributed by atoms with Crippen LogP contribution in [0.2, 0.25) is 0 Å². The number of ether oxygens (including phenoxy) is 1. The lowest BCUT2D eigenvalue weighted by molar-refractivity contribution is 0.0427. The van der Waals surface area contributed by atoms with Crippen molar-refractivity contribution in [2.24, 2.45) is 0 Å². The van der Waals surface area contributed by atoms with Gasteiger partial charge in [-0.15, -0.1) is 0 Å². The Morgan fingerprint density at radius 1 is 1.42 bits per heavy atom. The summed E-state index contributed by atoms with van der Waals surface area (Å²) in [7, 11) is 0. The van der Waals surface area contributed by atoms with E-state index in [1.54, 1.807) is 0 Å². The minimum absolute atomic E-state index is 0.382. The summed E-state index contributed by atoms with van der Waals surface area (Å²) < 4.78 is 5.48. The maximum Gasteiger partial charge on any atom is 0.0673 e. The van der Waals surface area contributed by atoms with Crippen molar-refractivity contribution < 1.29 is 4.74 Å². The first-order valence-electron chi connectivity index (χ1n) is 4.87. The smallest absolute Gasteiger partial charge is 0.0673 e. The number of hydrogen-bond acceptors (Lipinski definition) is 3. The summed E-state index contributed by atoms with van der Waals surface area (Å²) in [5, 5.41) is 3.34. The summed E-state index contributed by atoms with van der Waals surface area (Å²) >= 11 is 0. The fourth-order valence-electron chi connectivity index (χ4n) is 1.59. The van der Waals surface area contributed by atoms with Crippen LogP contribution in [0.4, 0.5) is 0 Å². The van der Waals surface area contributed by atoms with Crippen LogP contribution in [0.15, 0.2) is 0 Å². The first-order chi connectivity index (χ1) is 5.83. The van der Waals surface area contributed by atoms with E-state index in [9.17, 15) is 0 Å². The van der Waals surface area contributed by atoms with Gasteiger partial charge in [0.2, 0.25) is 0 Å². The molecule has 0 saturated carbocycles. The molecule has 3 nitrogen and oxygen atoms in total. The fraction of sp³-hybridized carbons (Fsp3) is 1.00. The van der Waals surface area contributed by atoms with Crippen molar-refractivity contribution >= 4 is 0 Å². The molecule has 0 bridgehead atoms. The van der Waals surface area contributed by atoms with E-state index in [2.05, 4.69) is 17.1 Å². The lowest BCUT2D eigenvalue weighted by atomic mass is 10.3. The molecule has 1 atom stereocenters. The zero-order chi connectivity index (χ0) is 8.81. The minimum Gasteiger partial charge on any atom is -0.377 e. The lowest BCUT2D eigenvalue weighted by Crippen LogP contribution is -2.46. The predicted octanol–water partition coefficient (Wildman–Crippen LogP) is 0.317. The normalized spacial score (nSPS) is 22.5. The Hall–Kier alpha value is -0.120. The average Bonchev–Trinajstić information content (AvgIpc) is 2.06. The highest BCUT2D eigenvalue weighted by Crippen LogP contribution is 1.97. The van der Waals surface area contributed by atoms with Gasteiger partial charge in [0.05, 0.1) is 6.10 Å². The Bertz CT molecular complexity index is 113. The molecule has 0 aromatic rings. The molecule has 1 fully saturated rings. The molecule has 1 aliphatic rings. The van der Waals surface area contributed by atoms with Crippen molar-refractivity contribution in [1.29, 1.82) is 0 Å². The second-order valence-electron chi connectivity index (χ2n) is 3.32. The summed E-state index contributed by atoms with van der Waals surface area (Å²) in [5.74, 6) is 0. The van der Waals surface area contributed by atoms with Crippen LogP contribution in [0.5, 0.6) is 0 Å². The summed E-state index contributed by atoms with van der Waals surface area (Å²) in [6.45, 7) is 10.7. The molecule has 3 heteroatoms. The average molecular weight is 172 g/mol. The molecule has 72 valence electrons. The lowest BCUT2D eigenvalue weighted by Gasteiger charge is -2.29. The van der Waals surface area contributed by atoms with Crippen LogP contribution in [0.1, 0.15) is 13.8 Å². The first kappa shape index (κ1) is 9.96.